The smallest absolute Gasteiger partial charge is 0.239 e. The van der Waals surface area contributed by atoms with Crippen LogP contribution in [0.5, 0.6) is 34.5 Å². The molecule has 0 aliphatic carbocycles. The number of fused-ring (bicyclic) bond motifs is 1. The van der Waals surface area contributed by atoms with Crippen LogP contribution in [0.25, 0.3) is 22.3 Å². The second kappa shape index (κ2) is 13.7. The van der Waals surface area contributed by atoms with E-state index in [1.807, 2.05) is 0 Å². The molecule has 258 valence electrons. The van der Waals surface area contributed by atoms with Crippen molar-refractivity contribution in [3.8, 4) is 45.8 Å². The first-order valence-electron chi connectivity index (χ1n) is 14.3. The number of aromatic hydroxyl groups is 2. The Hall–Kier alpha value is -3.91. The van der Waals surface area contributed by atoms with Crippen molar-refractivity contribution >= 4 is 11.0 Å². The highest BCUT2D eigenvalue weighted by Gasteiger charge is 2.48. The zero-order chi connectivity index (χ0) is 34.3. The summed E-state index contributed by atoms with van der Waals surface area (Å²) in [6.07, 6.45) is -16.1. The van der Waals surface area contributed by atoms with Gasteiger partial charge >= 0.3 is 0 Å². The van der Waals surface area contributed by atoms with Gasteiger partial charge in [-0.05, 0) is 25.1 Å². The van der Waals surface area contributed by atoms with Gasteiger partial charge in [-0.1, -0.05) is 0 Å². The molecule has 2 aliphatic heterocycles. The fourth-order valence-electron chi connectivity index (χ4n) is 5.35. The lowest BCUT2D eigenvalue weighted by Crippen LogP contribution is -2.61. The number of benzene rings is 2. The number of hydrogen-bond acceptors (Lipinski definition) is 17. The fourth-order valence-corrected chi connectivity index (χ4v) is 5.35. The Bertz CT molecular complexity index is 1640. The van der Waals surface area contributed by atoms with Crippen LogP contribution in [0.2, 0.25) is 0 Å². The molecule has 0 bridgehead atoms. The van der Waals surface area contributed by atoms with E-state index in [9.17, 15) is 45.6 Å². The third kappa shape index (κ3) is 6.24. The lowest BCUT2D eigenvalue weighted by atomic mass is 9.98. The molecular formula is C30H36O17. The van der Waals surface area contributed by atoms with Crippen LogP contribution in [0.4, 0.5) is 0 Å². The molecule has 2 aliphatic rings. The van der Waals surface area contributed by atoms with Crippen molar-refractivity contribution in [3.05, 3.63) is 34.5 Å². The number of phenolic OH excluding ortho intramolecular Hbond substituents is 2. The van der Waals surface area contributed by atoms with E-state index in [1.54, 1.807) is 0 Å². The van der Waals surface area contributed by atoms with Crippen molar-refractivity contribution in [2.75, 3.05) is 27.9 Å². The zero-order valence-corrected chi connectivity index (χ0v) is 25.5. The molecule has 1 aromatic heterocycles. The number of rotatable bonds is 9. The van der Waals surface area contributed by atoms with E-state index in [-0.39, 0.29) is 39.9 Å². The van der Waals surface area contributed by atoms with Crippen LogP contribution >= 0.6 is 0 Å². The summed E-state index contributed by atoms with van der Waals surface area (Å²) in [5, 5.41) is 83.2. The molecule has 17 nitrogen and oxygen atoms in total. The average Bonchev–Trinajstić information content (AvgIpc) is 3.06. The first kappa shape index (κ1) is 34.4. The van der Waals surface area contributed by atoms with Crippen molar-refractivity contribution < 1.29 is 78.4 Å². The molecule has 10 atom stereocenters. The molecule has 47 heavy (non-hydrogen) atoms. The maximum absolute atomic E-state index is 14.0. The maximum Gasteiger partial charge on any atom is 0.239 e. The van der Waals surface area contributed by atoms with Gasteiger partial charge in [0, 0.05) is 11.6 Å². The van der Waals surface area contributed by atoms with E-state index in [2.05, 4.69) is 0 Å². The summed E-state index contributed by atoms with van der Waals surface area (Å²) in [5.41, 5.74) is -1.01. The zero-order valence-electron chi connectivity index (χ0n) is 25.5. The van der Waals surface area contributed by atoms with Gasteiger partial charge < -0.3 is 78.4 Å². The van der Waals surface area contributed by atoms with Gasteiger partial charge in [-0.25, -0.2) is 0 Å². The van der Waals surface area contributed by atoms with Crippen molar-refractivity contribution in [1.29, 1.82) is 0 Å². The minimum atomic E-state index is -1.95. The summed E-state index contributed by atoms with van der Waals surface area (Å²) in [7, 11) is 3.84. The Morgan fingerprint density at radius 2 is 1.40 bits per heavy atom. The standard InChI is InChI=1S/C30H36O17/c1-10-18(32)22(36)24(38)29(44-10)43-9-16-19(33)23(37)25(39)30(46-16)47-28-21(35)17-14(8-15(41-3)27(42-4)20(17)34)45-26(28)11-5-6-12(31)13(7-11)40-2/h5-8,10,16,18-19,22-25,29-34,36-39H,9H2,1-4H3/t10-,16+,18-,19+,22+,23-,24+,25+,29+,30-/m0/s1. The molecule has 0 amide bonds. The molecule has 0 saturated carbocycles. The van der Waals surface area contributed by atoms with Crippen LogP contribution in [0.3, 0.4) is 0 Å². The summed E-state index contributed by atoms with van der Waals surface area (Å²) in [4.78, 5) is 14.0. The molecule has 5 rings (SSSR count). The molecule has 2 fully saturated rings. The van der Waals surface area contributed by atoms with Gasteiger partial charge in [-0.3, -0.25) is 4.79 Å². The highest BCUT2D eigenvalue weighted by molar-refractivity contribution is 5.91. The van der Waals surface area contributed by atoms with E-state index in [0.717, 1.165) is 0 Å². The summed E-state index contributed by atoms with van der Waals surface area (Å²) in [6, 6.07) is 5.23. The van der Waals surface area contributed by atoms with Gasteiger partial charge in [-0.2, -0.15) is 0 Å². The van der Waals surface area contributed by atoms with E-state index in [1.165, 1.54) is 52.5 Å². The molecule has 2 saturated heterocycles. The molecule has 8 N–H and O–H groups in total. The third-order valence-corrected chi connectivity index (χ3v) is 8.04. The second-order valence-corrected chi connectivity index (χ2v) is 11.0. The van der Waals surface area contributed by atoms with Gasteiger partial charge in [0.2, 0.25) is 23.2 Å². The van der Waals surface area contributed by atoms with Crippen molar-refractivity contribution in [1.82, 2.24) is 0 Å². The average molecular weight is 669 g/mol. The van der Waals surface area contributed by atoms with Crippen molar-refractivity contribution in [2.24, 2.45) is 0 Å². The summed E-state index contributed by atoms with van der Waals surface area (Å²) in [5.74, 6) is -1.97. The summed E-state index contributed by atoms with van der Waals surface area (Å²) < 4.78 is 44.1. The highest BCUT2D eigenvalue weighted by Crippen LogP contribution is 2.45. The molecule has 2 aromatic carbocycles. The maximum atomic E-state index is 14.0. The minimum Gasteiger partial charge on any atom is -0.504 e. The van der Waals surface area contributed by atoms with Gasteiger partial charge in [0.05, 0.1) is 34.0 Å². The van der Waals surface area contributed by atoms with Crippen LogP contribution < -0.4 is 24.4 Å². The highest BCUT2D eigenvalue weighted by atomic mass is 16.7. The molecule has 0 spiro atoms. The lowest BCUT2D eigenvalue weighted by molar-refractivity contribution is -0.318. The van der Waals surface area contributed by atoms with Crippen LogP contribution in [0.15, 0.2) is 33.5 Å². The molecule has 0 unspecified atom stereocenters. The number of aliphatic hydroxyl groups excluding tert-OH is 6. The van der Waals surface area contributed by atoms with Crippen LogP contribution in [-0.4, -0.2) is 130 Å². The predicted molar refractivity (Wildman–Crippen MR) is 157 cm³/mol. The Labute approximate surface area is 266 Å². The first-order chi connectivity index (χ1) is 22.3. The van der Waals surface area contributed by atoms with Gasteiger partial charge in [0.25, 0.3) is 0 Å². The number of aliphatic hydroxyl groups is 6. The topological polar surface area (TPSA) is 257 Å². The Kier molecular flexibility index (Phi) is 10.0. The normalized spacial score (nSPS) is 31.0. The molecule has 3 heterocycles. The minimum absolute atomic E-state index is 0.00450. The van der Waals surface area contributed by atoms with Crippen LogP contribution in [0, 0.1) is 0 Å². The first-order valence-corrected chi connectivity index (χ1v) is 14.3. The van der Waals surface area contributed by atoms with E-state index in [0.29, 0.717) is 0 Å². The number of phenols is 2. The second-order valence-electron chi connectivity index (χ2n) is 11.0. The SMILES string of the molecule is COc1cc(-c2oc3cc(OC)c(OC)c(O)c3c(=O)c2O[C@@H]2O[C@H](CO[C@@H]3O[C@@H](C)[C@H](O)[C@@H](O)[C@H]3O)[C@@H](O)[C@H](O)[C@H]2O)ccc1O. The number of hydrogen-bond donors (Lipinski definition) is 8. The van der Waals surface area contributed by atoms with E-state index >= 15 is 0 Å². The van der Waals surface area contributed by atoms with Crippen LogP contribution in [-0.2, 0) is 14.2 Å². The van der Waals surface area contributed by atoms with Crippen molar-refractivity contribution in [2.45, 2.75) is 68.3 Å². The lowest BCUT2D eigenvalue weighted by Gasteiger charge is -2.42. The third-order valence-electron chi connectivity index (χ3n) is 8.04. The summed E-state index contributed by atoms with van der Waals surface area (Å²) >= 11 is 0. The van der Waals surface area contributed by atoms with Gasteiger partial charge in [0.1, 0.15) is 53.7 Å². The Morgan fingerprint density at radius 3 is 2.06 bits per heavy atom. The number of ether oxygens (including phenoxy) is 7. The Morgan fingerprint density at radius 1 is 0.745 bits per heavy atom. The molecule has 3 aromatic rings. The predicted octanol–water partition coefficient (Wildman–Crippen LogP) is -1.07. The largest absolute Gasteiger partial charge is 0.504 e. The number of methoxy groups -OCH3 is 3. The van der Waals surface area contributed by atoms with Crippen LogP contribution in [0.1, 0.15) is 6.92 Å². The van der Waals surface area contributed by atoms with Crippen molar-refractivity contribution in [3.63, 3.8) is 0 Å². The molecular weight excluding hydrogens is 632 g/mol. The Balaban J connectivity index is 1.54. The molecule has 17 heteroatoms. The van der Waals surface area contributed by atoms with E-state index in [4.69, 9.17) is 37.6 Å². The van der Waals surface area contributed by atoms with E-state index < -0.39 is 90.3 Å². The summed E-state index contributed by atoms with van der Waals surface area (Å²) in [6.45, 7) is 0.847. The molecule has 0 radical (unpaired) electrons. The monoisotopic (exact) mass is 668 g/mol. The fraction of sp³-hybridized carbons (Fsp3) is 0.500. The van der Waals surface area contributed by atoms with Gasteiger partial charge in [0.15, 0.2) is 35.0 Å². The quantitative estimate of drug-likeness (QED) is 0.135. The van der Waals surface area contributed by atoms with Gasteiger partial charge in [-0.15, -0.1) is 0 Å².